The maximum absolute atomic E-state index is 12.0. The number of carbonyl (C=O) groups excluding carboxylic acids is 1. The summed E-state index contributed by atoms with van der Waals surface area (Å²) in [5.74, 6) is 0.0392. The van der Waals surface area contributed by atoms with E-state index in [9.17, 15) is 4.79 Å². The lowest BCUT2D eigenvalue weighted by Crippen LogP contribution is -2.05. The number of benzene rings is 1. The van der Waals surface area contributed by atoms with Gasteiger partial charge in [-0.25, -0.2) is 4.98 Å². The van der Waals surface area contributed by atoms with Crippen LogP contribution in [0.4, 0.5) is 0 Å². The van der Waals surface area contributed by atoms with Crippen molar-refractivity contribution in [2.45, 2.75) is 19.9 Å². The van der Waals surface area contributed by atoms with Gasteiger partial charge < -0.3 is 0 Å². The summed E-state index contributed by atoms with van der Waals surface area (Å²) in [6.45, 7) is 2.81. The summed E-state index contributed by atoms with van der Waals surface area (Å²) in [5.41, 5.74) is 0.545. The molecule has 5 heteroatoms. The Bertz CT molecular complexity index is 519. The lowest BCUT2D eigenvalue weighted by molar-refractivity contribution is 0.102. The molecule has 0 amide bonds. The van der Waals surface area contributed by atoms with Crippen molar-refractivity contribution in [1.29, 1.82) is 0 Å². The van der Waals surface area contributed by atoms with Crippen LogP contribution in [0.1, 0.15) is 29.5 Å². The number of ketones is 1. The highest BCUT2D eigenvalue weighted by Crippen LogP contribution is 2.11. The average molecular weight is 250 g/mol. The van der Waals surface area contributed by atoms with Crippen LogP contribution in [-0.4, -0.2) is 20.5 Å². The smallest absolute Gasteiger partial charge is 0.232 e. The van der Waals surface area contributed by atoms with Gasteiger partial charge in [0.2, 0.25) is 11.6 Å². The third-order valence-corrected chi connectivity index (χ3v) is 2.55. The zero-order chi connectivity index (χ0) is 12.3. The van der Waals surface area contributed by atoms with E-state index in [1.54, 1.807) is 35.3 Å². The summed E-state index contributed by atoms with van der Waals surface area (Å²) >= 11 is 5.76. The number of hydrogen-bond acceptors (Lipinski definition) is 3. The Labute approximate surface area is 104 Å². The van der Waals surface area contributed by atoms with E-state index in [0.717, 1.165) is 13.0 Å². The second-order valence-electron chi connectivity index (χ2n) is 3.67. The standard InChI is InChI=1S/C12H12ClN3O/c1-2-7-16-8-14-12(15-16)11(17)9-3-5-10(13)6-4-9/h3-6,8H,2,7H2,1H3. The van der Waals surface area contributed by atoms with E-state index in [1.807, 2.05) is 6.92 Å². The predicted molar refractivity (Wildman–Crippen MR) is 65.2 cm³/mol. The normalized spacial score (nSPS) is 10.5. The molecule has 0 N–H and O–H groups in total. The Morgan fingerprint density at radius 1 is 1.35 bits per heavy atom. The van der Waals surface area contributed by atoms with Crippen LogP contribution in [0, 0.1) is 0 Å². The maximum Gasteiger partial charge on any atom is 0.232 e. The van der Waals surface area contributed by atoms with E-state index in [1.165, 1.54) is 0 Å². The average Bonchev–Trinajstić information content (AvgIpc) is 2.78. The third kappa shape index (κ3) is 2.71. The second kappa shape index (κ2) is 5.10. The third-order valence-electron chi connectivity index (χ3n) is 2.30. The van der Waals surface area contributed by atoms with Gasteiger partial charge in [0.15, 0.2) is 0 Å². The summed E-state index contributed by atoms with van der Waals surface area (Å²) in [5, 5.41) is 4.72. The minimum Gasteiger partial charge on any atom is -0.285 e. The lowest BCUT2D eigenvalue weighted by atomic mass is 10.1. The van der Waals surface area contributed by atoms with Gasteiger partial charge in [-0.1, -0.05) is 18.5 Å². The molecule has 0 spiro atoms. The molecular formula is C12H12ClN3O. The minimum absolute atomic E-state index is 0.184. The Balaban J connectivity index is 2.21. The Kier molecular flexibility index (Phi) is 3.54. The largest absolute Gasteiger partial charge is 0.285 e. The fourth-order valence-corrected chi connectivity index (χ4v) is 1.59. The molecule has 0 bridgehead atoms. The Morgan fingerprint density at radius 3 is 2.71 bits per heavy atom. The number of aromatic nitrogens is 3. The van der Waals surface area contributed by atoms with Gasteiger partial charge in [0.25, 0.3) is 0 Å². The number of hydrogen-bond donors (Lipinski definition) is 0. The quantitative estimate of drug-likeness (QED) is 0.783. The molecular weight excluding hydrogens is 238 g/mol. The van der Waals surface area contributed by atoms with Gasteiger partial charge in [-0.3, -0.25) is 9.48 Å². The van der Waals surface area contributed by atoms with Crippen LogP contribution >= 0.6 is 11.6 Å². The van der Waals surface area contributed by atoms with Gasteiger partial charge in [-0.2, -0.15) is 0 Å². The van der Waals surface area contributed by atoms with Crippen LogP contribution in [0.15, 0.2) is 30.6 Å². The number of halogens is 1. The van der Waals surface area contributed by atoms with Crippen molar-refractivity contribution in [1.82, 2.24) is 14.8 Å². The fourth-order valence-electron chi connectivity index (χ4n) is 1.47. The first-order valence-electron chi connectivity index (χ1n) is 5.40. The molecule has 1 aromatic carbocycles. The molecule has 88 valence electrons. The molecule has 1 heterocycles. The SMILES string of the molecule is CCCn1cnc(C(=O)c2ccc(Cl)cc2)n1. The van der Waals surface area contributed by atoms with Gasteiger partial charge in [0, 0.05) is 17.1 Å². The van der Waals surface area contributed by atoms with Crippen LogP contribution in [0.2, 0.25) is 5.02 Å². The van der Waals surface area contributed by atoms with Crippen molar-refractivity contribution < 1.29 is 4.79 Å². The fraction of sp³-hybridized carbons (Fsp3) is 0.250. The first-order valence-corrected chi connectivity index (χ1v) is 5.78. The number of carbonyl (C=O) groups is 1. The van der Waals surface area contributed by atoms with E-state index in [-0.39, 0.29) is 11.6 Å². The highest BCUT2D eigenvalue weighted by Gasteiger charge is 2.13. The second-order valence-corrected chi connectivity index (χ2v) is 4.10. The maximum atomic E-state index is 12.0. The van der Waals surface area contributed by atoms with Gasteiger partial charge in [-0.05, 0) is 30.7 Å². The van der Waals surface area contributed by atoms with Crippen LogP contribution in [0.3, 0.4) is 0 Å². The first kappa shape index (κ1) is 11.8. The molecule has 0 aliphatic heterocycles. The zero-order valence-corrected chi connectivity index (χ0v) is 10.2. The highest BCUT2D eigenvalue weighted by molar-refractivity contribution is 6.30. The van der Waals surface area contributed by atoms with Gasteiger partial charge >= 0.3 is 0 Å². The monoisotopic (exact) mass is 249 g/mol. The Morgan fingerprint density at radius 2 is 2.06 bits per heavy atom. The molecule has 2 rings (SSSR count). The van der Waals surface area contributed by atoms with E-state index < -0.39 is 0 Å². The van der Waals surface area contributed by atoms with Crippen molar-refractivity contribution in [2.24, 2.45) is 0 Å². The van der Waals surface area contributed by atoms with Crippen LogP contribution in [0.25, 0.3) is 0 Å². The molecule has 0 atom stereocenters. The van der Waals surface area contributed by atoms with Crippen molar-refractivity contribution >= 4 is 17.4 Å². The van der Waals surface area contributed by atoms with E-state index in [2.05, 4.69) is 10.1 Å². The minimum atomic E-state index is -0.184. The topological polar surface area (TPSA) is 47.8 Å². The molecule has 4 nitrogen and oxygen atoms in total. The Hall–Kier alpha value is -1.68. The molecule has 1 aromatic heterocycles. The van der Waals surface area contributed by atoms with Crippen molar-refractivity contribution in [3.05, 3.63) is 47.0 Å². The lowest BCUT2D eigenvalue weighted by Gasteiger charge is -1.97. The van der Waals surface area contributed by atoms with Crippen LogP contribution in [-0.2, 0) is 6.54 Å². The molecule has 2 aromatic rings. The first-order chi connectivity index (χ1) is 8.20. The molecule has 0 aliphatic rings. The van der Waals surface area contributed by atoms with E-state index in [4.69, 9.17) is 11.6 Å². The number of nitrogens with zero attached hydrogens (tertiary/aromatic N) is 3. The van der Waals surface area contributed by atoms with Crippen molar-refractivity contribution in [3.8, 4) is 0 Å². The van der Waals surface area contributed by atoms with Crippen molar-refractivity contribution in [3.63, 3.8) is 0 Å². The van der Waals surface area contributed by atoms with E-state index in [0.29, 0.717) is 10.6 Å². The molecule has 0 aliphatic carbocycles. The predicted octanol–water partition coefficient (Wildman–Crippen LogP) is 2.57. The summed E-state index contributed by atoms with van der Waals surface area (Å²) in [4.78, 5) is 16.0. The summed E-state index contributed by atoms with van der Waals surface area (Å²) in [6.07, 6.45) is 2.53. The number of aryl methyl sites for hydroxylation is 1. The van der Waals surface area contributed by atoms with Gasteiger partial charge in [-0.15, -0.1) is 5.10 Å². The number of rotatable bonds is 4. The van der Waals surface area contributed by atoms with Gasteiger partial charge in [0.1, 0.15) is 6.33 Å². The van der Waals surface area contributed by atoms with Crippen molar-refractivity contribution in [2.75, 3.05) is 0 Å². The molecule has 0 saturated heterocycles. The zero-order valence-electron chi connectivity index (χ0n) is 9.43. The molecule has 0 unspecified atom stereocenters. The highest BCUT2D eigenvalue weighted by atomic mass is 35.5. The summed E-state index contributed by atoms with van der Waals surface area (Å²) in [6, 6.07) is 6.70. The van der Waals surface area contributed by atoms with Gasteiger partial charge in [0.05, 0.1) is 0 Å². The molecule has 0 fully saturated rings. The molecule has 0 radical (unpaired) electrons. The summed E-state index contributed by atoms with van der Waals surface area (Å²) < 4.78 is 1.67. The summed E-state index contributed by atoms with van der Waals surface area (Å²) in [7, 11) is 0. The van der Waals surface area contributed by atoms with Crippen LogP contribution < -0.4 is 0 Å². The van der Waals surface area contributed by atoms with E-state index >= 15 is 0 Å². The molecule has 0 saturated carbocycles. The van der Waals surface area contributed by atoms with Crippen LogP contribution in [0.5, 0.6) is 0 Å². The molecule has 17 heavy (non-hydrogen) atoms.